The van der Waals surface area contributed by atoms with Crippen LogP contribution in [0.15, 0.2) is 0 Å². The average molecular weight is 184 g/mol. The summed E-state index contributed by atoms with van der Waals surface area (Å²) in [6.07, 6.45) is 5.45. The predicted molar refractivity (Wildman–Crippen MR) is 57.7 cm³/mol. The van der Waals surface area contributed by atoms with Crippen LogP contribution in [0.3, 0.4) is 0 Å². The van der Waals surface area contributed by atoms with Crippen LogP contribution in [0.5, 0.6) is 0 Å². The van der Waals surface area contributed by atoms with Crippen LogP contribution in [0.4, 0.5) is 0 Å². The molecule has 0 aromatic rings. The van der Waals surface area contributed by atoms with Crippen molar-refractivity contribution in [2.24, 2.45) is 11.7 Å². The Hall–Kier alpha value is -0.0800. The molecule has 0 heterocycles. The zero-order valence-electron chi connectivity index (χ0n) is 9.13. The van der Waals surface area contributed by atoms with Crippen molar-refractivity contribution < 1.29 is 0 Å². The molecule has 0 radical (unpaired) electrons. The highest BCUT2D eigenvalue weighted by Crippen LogP contribution is 2.26. The van der Waals surface area contributed by atoms with E-state index >= 15 is 0 Å². The lowest BCUT2D eigenvalue weighted by atomic mass is 9.85. The van der Waals surface area contributed by atoms with Gasteiger partial charge in [-0.05, 0) is 44.8 Å². The summed E-state index contributed by atoms with van der Waals surface area (Å²) in [5.74, 6) is 0.791. The molecule has 2 unspecified atom stereocenters. The lowest BCUT2D eigenvalue weighted by molar-refractivity contribution is 0.144. The highest BCUT2D eigenvalue weighted by atomic mass is 15.1. The van der Waals surface area contributed by atoms with Crippen molar-refractivity contribution >= 4 is 0 Å². The number of hydrogen-bond donors (Lipinski definition) is 1. The summed E-state index contributed by atoms with van der Waals surface area (Å²) < 4.78 is 0. The van der Waals surface area contributed by atoms with Gasteiger partial charge >= 0.3 is 0 Å². The molecule has 0 amide bonds. The molecule has 78 valence electrons. The molecule has 0 aliphatic heterocycles. The fourth-order valence-corrected chi connectivity index (χ4v) is 2.55. The van der Waals surface area contributed by atoms with Crippen molar-refractivity contribution in [3.63, 3.8) is 0 Å². The normalized spacial score (nSPS) is 29.5. The Bertz CT molecular complexity index is 132. The molecule has 1 aliphatic rings. The third kappa shape index (κ3) is 2.96. The Kier molecular flexibility index (Phi) is 4.74. The van der Waals surface area contributed by atoms with E-state index in [1.807, 2.05) is 0 Å². The van der Waals surface area contributed by atoms with Crippen molar-refractivity contribution in [3.05, 3.63) is 0 Å². The van der Waals surface area contributed by atoms with E-state index in [0.717, 1.165) is 18.5 Å². The fraction of sp³-hybridized carbons (Fsp3) is 1.00. The van der Waals surface area contributed by atoms with Crippen LogP contribution in [0.25, 0.3) is 0 Å². The quantitative estimate of drug-likeness (QED) is 0.722. The van der Waals surface area contributed by atoms with Crippen molar-refractivity contribution in [2.75, 3.05) is 19.6 Å². The molecule has 1 rings (SSSR count). The summed E-state index contributed by atoms with van der Waals surface area (Å²) in [4.78, 5) is 2.59. The van der Waals surface area contributed by atoms with Crippen LogP contribution in [-0.2, 0) is 0 Å². The van der Waals surface area contributed by atoms with E-state index in [9.17, 15) is 0 Å². The van der Waals surface area contributed by atoms with Gasteiger partial charge in [-0.15, -0.1) is 0 Å². The molecular weight excluding hydrogens is 160 g/mol. The second-order valence-electron chi connectivity index (χ2n) is 4.14. The number of nitrogens with zero attached hydrogens (tertiary/aromatic N) is 1. The Morgan fingerprint density at radius 1 is 1.23 bits per heavy atom. The van der Waals surface area contributed by atoms with Gasteiger partial charge in [-0.1, -0.05) is 20.3 Å². The maximum atomic E-state index is 5.73. The van der Waals surface area contributed by atoms with Gasteiger partial charge in [-0.2, -0.15) is 0 Å². The zero-order valence-corrected chi connectivity index (χ0v) is 9.13. The van der Waals surface area contributed by atoms with Gasteiger partial charge in [0.25, 0.3) is 0 Å². The molecule has 0 bridgehead atoms. The number of nitrogens with two attached hydrogens (primary N) is 1. The van der Waals surface area contributed by atoms with E-state index in [-0.39, 0.29) is 0 Å². The summed E-state index contributed by atoms with van der Waals surface area (Å²) in [6.45, 7) is 7.79. The van der Waals surface area contributed by atoms with Crippen LogP contribution in [0.1, 0.15) is 39.5 Å². The van der Waals surface area contributed by atoms with E-state index < -0.39 is 0 Å². The fourth-order valence-electron chi connectivity index (χ4n) is 2.55. The van der Waals surface area contributed by atoms with Gasteiger partial charge in [0, 0.05) is 6.04 Å². The first-order chi connectivity index (χ1) is 6.31. The zero-order chi connectivity index (χ0) is 9.68. The first-order valence-electron chi connectivity index (χ1n) is 5.75. The lowest BCUT2D eigenvalue weighted by Gasteiger charge is -2.36. The summed E-state index contributed by atoms with van der Waals surface area (Å²) in [6, 6.07) is 0.817. The smallest absolute Gasteiger partial charge is 0.00981 e. The minimum atomic E-state index is 0.791. The second kappa shape index (κ2) is 5.61. The molecule has 2 heteroatoms. The lowest BCUT2D eigenvalue weighted by Crippen LogP contribution is -2.39. The summed E-state index contributed by atoms with van der Waals surface area (Å²) in [5.41, 5.74) is 5.73. The van der Waals surface area contributed by atoms with Gasteiger partial charge < -0.3 is 10.6 Å². The van der Waals surface area contributed by atoms with E-state index in [1.54, 1.807) is 0 Å². The van der Waals surface area contributed by atoms with E-state index in [4.69, 9.17) is 5.73 Å². The van der Waals surface area contributed by atoms with Crippen molar-refractivity contribution in [1.82, 2.24) is 4.90 Å². The van der Waals surface area contributed by atoms with Crippen LogP contribution in [0.2, 0.25) is 0 Å². The van der Waals surface area contributed by atoms with E-state index in [0.29, 0.717) is 0 Å². The highest BCUT2D eigenvalue weighted by molar-refractivity contribution is 4.79. The van der Waals surface area contributed by atoms with Gasteiger partial charge in [0.15, 0.2) is 0 Å². The van der Waals surface area contributed by atoms with Gasteiger partial charge in [-0.25, -0.2) is 0 Å². The minimum Gasteiger partial charge on any atom is -0.330 e. The molecule has 1 aliphatic carbocycles. The third-order valence-electron chi connectivity index (χ3n) is 3.42. The topological polar surface area (TPSA) is 29.3 Å². The molecule has 2 N–H and O–H groups in total. The molecule has 0 saturated heterocycles. The maximum absolute atomic E-state index is 5.73. The molecule has 1 saturated carbocycles. The molecule has 13 heavy (non-hydrogen) atoms. The molecule has 1 fully saturated rings. The Morgan fingerprint density at radius 3 is 2.46 bits per heavy atom. The monoisotopic (exact) mass is 184 g/mol. The van der Waals surface area contributed by atoms with Crippen LogP contribution in [0, 0.1) is 5.92 Å². The third-order valence-corrected chi connectivity index (χ3v) is 3.42. The standard InChI is InChI=1S/C11H24N2/c1-3-13(4-2)11-7-5-6-10(8-11)9-12/h10-11H,3-9,12H2,1-2H3. The van der Waals surface area contributed by atoms with Crippen molar-refractivity contribution in [1.29, 1.82) is 0 Å². The average Bonchev–Trinajstić information content (AvgIpc) is 2.20. The van der Waals surface area contributed by atoms with Crippen LogP contribution >= 0.6 is 0 Å². The van der Waals surface area contributed by atoms with Crippen LogP contribution in [-0.4, -0.2) is 30.6 Å². The Labute approximate surface area is 82.5 Å². The van der Waals surface area contributed by atoms with Gasteiger partial charge in [-0.3, -0.25) is 0 Å². The molecule has 0 aromatic heterocycles. The minimum absolute atomic E-state index is 0.791. The molecule has 2 atom stereocenters. The summed E-state index contributed by atoms with van der Waals surface area (Å²) >= 11 is 0. The molecule has 0 spiro atoms. The van der Waals surface area contributed by atoms with Crippen molar-refractivity contribution in [3.8, 4) is 0 Å². The largest absolute Gasteiger partial charge is 0.330 e. The Morgan fingerprint density at radius 2 is 1.92 bits per heavy atom. The van der Waals surface area contributed by atoms with Gasteiger partial charge in [0.1, 0.15) is 0 Å². The maximum Gasteiger partial charge on any atom is 0.00981 e. The molecule has 0 aromatic carbocycles. The van der Waals surface area contributed by atoms with Crippen LogP contribution < -0.4 is 5.73 Å². The van der Waals surface area contributed by atoms with E-state index in [1.165, 1.54) is 38.8 Å². The summed E-state index contributed by atoms with van der Waals surface area (Å²) in [7, 11) is 0. The van der Waals surface area contributed by atoms with Gasteiger partial charge in [0.2, 0.25) is 0 Å². The molecular formula is C11H24N2. The van der Waals surface area contributed by atoms with E-state index in [2.05, 4.69) is 18.7 Å². The first-order valence-corrected chi connectivity index (χ1v) is 5.75. The van der Waals surface area contributed by atoms with Crippen molar-refractivity contribution in [2.45, 2.75) is 45.6 Å². The second-order valence-corrected chi connectivity index (χ2v) is 4.14. The predicted octanol–water partition coefficient (Wildman–Crippen LogP) is 1.85. The number of rotatable bonds is 4. The Balaban J connectivity index is 2.40. The summed E-state index contributed by atoms with van der Waals surface area (Å²) in [5, 5.41) is 0. The SMILES string of the molecule is CCN(CC)C1CCCC(CN)C1. The van der Waals surface area contributed by atoms with Gasteiger partial charge in [0.05, 0.1) is 0 Å². The number of hydrogen-bond acceptors (Lipinski definition) is 2. The molecule has 2 nitrogen and oxygen atoms in total. The highest BCUT2D eigenvalue weighted by Gasteiger charge is 2.23. The first kappa shape index (κ1) is 11.0.